The maximum absolute atomic E-state index is 13.2. The molecule has 7 nitrogen and oxygen atoms in total. The lowest BCUT2D eigenvalue weighted by molar-refractivity contribution is -0.148. The summed E-state index contributed by atoms with van der Waals surface area (Å²) in [5, 5.41) is 18.0. The zero-order chi connectivity index (χ0) is 24.0. The van der Waals surface area contributed by atoms with Gasteiger partial charge in [-0.15, -0.1) is 10.2 Å². The number of hydrogen-bond donors (Lipinski definition) is 0. The lowest BCUT2D eigenvalue weighted by Crippen LogP contribution is -2.43. The van der Waals surface area contributed by atoms with Crippen LogP contribution in [0, 0.1) is 17.2 Å². The van der Waals surface area contributed by atoms with Gasteiger partial charge in [0.15, 0.2) is 5.82 Å². The van der Waals surface area contributed by atoms with Gasteiger partial charge in [-0.05, 0) is 55.4 Å². The molecule has 176 valence electrons. The van der Waals surface area contributed by atoms with Gasteiger partial charge < -0.3 is 9.47 Å². The van der Waals surface area contributed by atoms with Crippen LogP contribution < -0.4 is 0 Å². The summed E-state index contributed by atoms with van der Waals surface area (Å²) in [5.74, 6) is -1.05. The van der Waals surface area contributed by atoms with Crippen LogP contribution in [-0.2, 0) is 24.1 Å². The Morgan fingerprint density at radius 1 is 1.15 bits per heavy atom. The zero-order valence-corrected chi connectivity index (χ0v) is 18.8. The monoisotopic (exact) mass is 488 g/mol. The molecule has 2 aliphatic rings. The van der Waals surface area contributed by atoms with E-state index >= 15 is 0 Å². The van der Waals surface area contributed by atoms with E-state index in [0.29, 0.717) is 23.4 Å². The normalized spacial score (nSPS) is 20.7. The van der Waals surface area contributed by atoms with Crippen LogP contribution in [0.3, 0.4) is 0 Å². The largest absolute Gasteiger partial charge is 0.451 e. The minimum Gasteiger partial charge on any atom is -0.333 e. The van der Waals surface area contributed by atoms with Crippen molar-refractivity contribution in [3.05, 3.63) is 52.2 Å². The standard InChI is InChI=1S/C23H20ClF3N6O/c24-16-5-6-18-17(9-16)20(15(10-28)11-29-18)13-1-3-14(4-2-13)21(34)32-7-8-33-19(12-32)30-31-22(33)23(25,26)27/h5-6,9,11,13-14H,1-4,7-8,12H2. The van der Waals surface area contributed by atoms with Gasteiger partial charge in [-0.3, -0.25) is 9.78 Å². The number of carbonyl (C=O) groups excluding carboxylic acids is 1. The number of fused-ring (bicyclic) bond motifs is 2. The fourth-order valence-corrected chi connectivity index (χ4v) is 5.33. The molecule has 0 radical (unpaired) electrons. The Morgan fingerprint density at radius 3 is 2.62 bits per heavy atom. The number of halogens is 4. The third kappa shape index (κ3) is 3.98. The molecule has 0 atom stereocenters. The summed E-state index contributed by atoms with van der Waals surface area (Å²) in [7, 11) is 0. The van der Waals surface area contributed by atoms with Crippen molar-refractivity contribution in [3.63, 3.8) is 0 Å². The Bertz CT molecular complexity index is 1310. The first-order chi connectivity index (χ1) is 16.3. The number of rotatable bonds is 2. The average Bonchev–Trinajstić information content (AvgIpc) is 3.27. The number of nitriles is 1. The number of aromatic nitrogens is 4. The summed E-state index contributed by atoms with van der Waals surface area (Å²) in [6.07, 6.45) is -0.273. The molecule has 1 aliphatic carbocycles. The van der Waals surface area contributed by atoms with E-state index in [1.165, 1.54) is 0 Å². The van der Waals surface area contributed by atoms with Crippen molar-refractivity contribution in [2.45, 2.75) is 50.9 Å². The Morgan fingerprint density at radius 2 is 1.91 bits per heavy atom. The van der Waals surface area contributed by atoms with E-state index < -0.39 is 12.0 Å². The summed E-state index contributed by atoms with van der Waals surface area (Å²) in [6, 6.07) is 7.66. The van der Waals surface area contributed by atoms with Crippen LogP contribution in [0.2, 0.25) is 5.02 Å². The molecule has 1 fully saturated rings. The molecule has 0 saturated heterocycles. The molecule has 1 aromatic carbocycles. The number of nitrogens with zero attached hydrogens (tertiary/aromatic N) is 6. The quantitative estimate of drug-likeness (QED) is 0.522. The van der Waals surface area contributed by atoms with Crippen molar-refractivity contribution in [1.29, 1.82) is 5.26 Å². The number of alkyl halides is 3. The van der Waals surface area contributed by atoms with Crippen LogP contribution in [-0.4, -0.2) is 37.1 Å². The highest BCUT2D eigenvalue weighted by atomic mass is 35.5. The maximum Gasteiger partial charge on any atom is 0.451 e. The highest BCUT2D eigenvalue weighted by Gasteiger charge is 2.40. The first-order valence-electron chi connectivity index (χ1n) is 11.0. The molecular formula is C23H20ClF3N6O. The summed E-state index contributed by atoms with van der Waals surface area (Å²) >= 11 is 6.20. The van der Waals surface area contributed by atoms with E-state index in [1.807, 2.05) is 12.1 Å². The summed E-state index contributed by atoms with van der Waals surface area (Å²) in [4.78, 5) is 19.1. The molecule has 3 heterocycles. The topological polar surface area (TPSA) is 87.7 Å². The molecular weight excluding hydrogens is 469 g/mol. The molecule has 1 saturated carbocycles. The van der Waals surface area contributed by atoms with Crippen molar-refractivity contribution in [2.24, 2.45) is 5.92 Å². The number of benzene rings is 1. The molecule has 11 heteroatoms. The van der Waals surface area contributed by atoms with E-state index in [2.05, 4.69) is 21.3 Å². The Balaban J connectivity index is 1.30. The fourth-order valence-electron chi connectivity index (χ4n) is 5.16. The maximum atomic E-state index is 13.2. The van der Waals surface area contributed by atoms with Crippen LogP contribution >= 0.6 is 11.6 Å². The summed E-state index contributed by atoms with van der Waals surface area (Å²) in [5.41, 5.74) is 2.21. The van der Waals surface area contributed by atoms with Crippen LogP contribution in [0.1, 0.15) is 54.4 Å². The van der Waals surface area contributed by atoms with Crippen molar-refractivity contribution in [1.82, 2.24) is 24.6 Å². The second-order valence-electron chi connectivity index (χ2n) is 8.76. The van der Waals surface area contributed by atoms with Gasteiger partial charge in [0, 0.05) is 35.6 Å². The minimum atomic E-state index is -4.57. The van der Waals surface area contributed by atoms with E-state index in [4.69, 9.17) is 11.6 Å². The second-order valence-corrected chi connectivity index (χ2v) is 9.19. The third-order valence-electron chi connectivity index (χ3n) is 6.80. The number of amides is 1. The smallest absolute Gasteiger partial charge is 0.333 e. The summed E-state index contributed by atoms with van der Waals surface area (Å²) in [6.45, 7) is 0.237. The molecule has 1 amide bonds. The molecule has 34 heavy (non-hydrogen) atoms. The van der Waals surface area contributed by atoms with Crippen LogP contribution in [0.15, 0.2) is 24.4 Å². The Hall–Kier alpha value is -3.19. The molecule has 0 N–H and O–H groups in total. The molecule has 3 aromatic rings. The predicted molar refractivity (Wildman–Crippen MR) is 117 cm³/mol. The highest BCUT2D eigenvalue weighted by molar-refractivity contribution is 6.31. The van der Waals surface area contributed by atoms with Crippen LogP contribution in [0.5, 0.6) is 0 Å². The molecule has 5 rings (SSSR count). The van der Waals surface area contributed by atoms with E-state index in [1.54, 1.807) is 17.2 Å². The molecule has 2 aromatic heterocycles. The van der Waals surface area contributed by atoms with E-state index in [0.717, 1.165) is 33.9 Å². The Labute approximate surface area is 198 Å². The van der Waals surface area contributed by atoms with Gasteiger partial charge in [0.25, 0.3) is 0 Å². The van der Waals surface area contributed by atoms with Gasteiger partial charge in [-0.1, -0.05) is 11.6 Å². The van der Waals surface area contributed by atoms with Gasteiger partial charge in [-0.2, -0.15) is 18.4 Å². The molecule has 1 aliphatic heterocycles. The highest BCUT2D eigenvalue weighted by Crippen LogP contribution is 2.41. The van der Waals surface area contributed by atoms with E-state index in [-0.39, 0.29) is 43.2 Å². The van der Waals surface area contributed by atoms with Gasteiger partial charge in [0.1, 0.15) is 6.07 Å². The molecule has 0 bridgehead atoms. The van der Waals surface area contributed by atoms with Gasteiger partial charge in [-0.25, -0.2) is 0 Å². The van der Waals surface area contributed by atoms with E-state index in [9.17, 15) is 23.2 Å². The number of hydrogen-bond acceptors (Lipinski definition) is 5. The molecule has 0 spiro atoms. The fraction of sp³-hybridized carbons (Fsp3) is 0.435. The third-order valence-corrected chi connectivity index (χ3v) is 7.03. The second kappa shape index (κ2) is 8.55. The number of pyridine rings is 1. The first-order valence-corrected chi connectivity index (χ1v) is 11.4. The van der Waals surface area contributed by atoms with Gasteiger partial charge >= 0.3 is 6.18 Å². The molecule has 0 unspecified atom stereocenters. The van der Waals surface area contributed by atoms with Crippen molar-refractivity contribution < 1.29 is 18.0 Å². The average molecular weight is 489 g/mol. The lowest BCUT2D eigenvalue weighted by atomic mass is 9.76. The van der Waals surface area contributed by atoms with Crippen molar-refractivity contribution in [2.75, 3.05) is 6.54 Å². The number of carbonyl (C=O) groups is 1. The summed E-state index contributed by atoms with van der Waals surface area (Å²) < 4.78 is 40.3. The van der Waals surface area contributed by atoms with Gasteiger partial charge in [0.2, 0.25) is 11.7 Å². The predicted octanol–water partition coefficient (Wildman–Crippen LogP) is 4.69. The van der Waals surface area contributed by atoms with Crippen molar-refractivity contribution in [3.8, 4) is 6.07 Å². The van der Waals surface area contributed by atoms with Gasteiger partial charge in [0.05, 0.1) is 17.6 Å². The Kier molecular flexibility index (Phi) is 5.68. The lowest BCUT2D eigenvalue weighted by Gasteiger charge is -2.34. The first kappa shape index (κ1) is 22.6. The van der Waals surface area contributed by atoms with Crippen LogP contribution in [0.4, 0.5) is 13.2 Å². The van der Waals surface area contributed by atoms with Crippen LogP contribution in [0.25, 0.3) is 10.9 Å². The van der Waals surface area contributed by atoms with Crippen molar-refractivity contribution >= 4 is 28.4 Å². The minimum absolute atomic E-state index is 0.0214. The zero-order valence-electron chi connectivity index (χ0n) is 18.0. The SMILES string of the molecule is N#Cc1cnc2ccc(Cl)cc2c1C1CCC(C(=O)N2CCn3c(nnc3C(F)(F)F)C2)CC1.